The molecule has 1 fully saturated rings. The summed E-state index contributed by atoms with van der Waals surface area (Å²) in [5.41, 5.74) is 3.21. The Morgan fingerprint density at radius 3 is 2.96 bits per heavy atom. The number of fused-ring (bicyclic) bond motifs is 1. The summed E-state index contributed by atoms with van der Waals surface area (Å²) in [4.78, 5) is 23.9. The highest BCUT2D eigenvalue weighted by atomic mass is 32.1. The largest absolute Gasteiger partial charge is 0.368 e. The molecule has 4 heterocycles. The van der Waals surface area contributed by atoms with Crippen molar-refractivity contribution in [1.29, 1.82) is 0 Å². The molecule has 1 saturated heterocycles. The topological polar surface area (TPSA) is 62.5 Å². The molecule has 0 spiro atoms. The van der Waals surface area contributed by atoms with Crippen LogP contribution in [0.4, 0.5) is 5.69 Å². The Hall–Kier alpha value is -2.25. The fourth-order valence-electron chi connectivity index (χ4n) is 3.03. The van der Waals surface area contributed by atoms with Gasteiger partial charge in [0.2, 0.25) is 0 Å². The fourth-order valence-corrected chi connectivity index (χ4v) is 3.78. The van der Waals surface area contributed by atoms with Crippen LogP contribution in [0.3, 0.4) is 0 Å². The van der Waals surface area contributed by atoms with Gasteiger partial charge in [-0.15, -0.1) is 11.3 Å². The molecule has 1 aliphatic rings. The molecule has 0 aromatic carbocycles. The predicted octanol–water partition coefficient (Wildman–Crippen LogP) is 1.92. The average Bonchev–Trinajstić information content (AvgIpc) is 3.01. The van der Waals surface area contributed by atoms with Gasteiger partial charge in [0, 0.05) is 49.0 Å². The van der Waals surface area contributed by atoms with Crippen molar-refractivity contribution < 1.29 is 0 Å². The quantitative estimate of drug-likeness (QED) is 0.772. The van der Waals surface area contributed by atoms with E-state index in [1.54, 1.807) is 10.5 Å². The molecule has 0 aliphatic carbocycles. The second-order valence-electron chi connectivity index (χ2n) is 6.19. The lowest BCUT2D eigenvalue weighted by Gasteiger charge is -2.33. The highest BCUT2D eigenvalue weighted by Crippen LogP contribution is 2.22. The number of nitrogens with one attached hydrogen (secondary N) is 1. The van der Waals surface area contributed by atoms with Gasteiger partial charge in [-0.2, -0.15) is 0 Å². The van der Waals surface area contributed by atoms with Gasteiger partial charge >= 0.3 is 0 Å². The van der Waals surface area contributed by atoms with E-state index >= 15 is 0 Å². The van der Waals surface area contributed by atoms with E-state index in [4.69, 9.17) is 0 Å². The van der Waals surface area contributed by atoms with Gasteiger partial charge in [-0.1, -0.05) is 0 Å². The summed E-state index contributed by atoms with van der Waals surface area (Å²) in [5.74, 6) is 0. The van der Waals surface area contributed by atoms with E-state index in [1.807, 2.05) is 30.6 Å². The van der Waals surface area contributed by atoms with Crippen molar-refractivity contribution in [1.82, 2.24) is 19.7 Å². The van der Waals surface area contributed by atoms with Crippen LogP contribution in [0, 0.1) is 6.92 Å². The van der Waals surface area contributed by atoms with E-state index in [1.165, 1.54) is 11.3 Å². The van der Waals surface area contributed by atoms with Gasteiger partial charge in [-0.3, -0.25) is 9.20 Å². The van der Waals surface area contributed by atoms with Gasteiger partial charge in [-0.25, -0.2) is 9.97 Å². The van der Waals surface area contributed by atoms with Crippen molar-refractivity contribution in [2.45, 2.75) is 19.9 Å². The third kappa shape index (κ3) is 2.81. The Balaban J connectivity index is 1.75. The van der Waals surface area contributed by atoms with Crippen molar-refractivity contribution in [3.05, 3.63) is 45.8 Å². The first-order valence-corrected chi connectivity index (χ1v) is 8.92. The van der Waals surface area contributed by atoms with Crippen LogP contribution >= 0.6 is 11.3 Å². The smallest absolute Gasteiger partial charge is 0.258 e. The molecule has 0 bridgehead atoms. The van der Waals surface area contributed by atoms with Crippen LogP contribution < -0.4 is 15.8 Å². The second-order valence-corrected chi connectivity index (χ2v) is 7.05. The highest BCUT2D eigenvalue weighted by Gasteiger charge is 2.17. The molecule has 3 aromatic rings. The molecule has 4 rings (SSSR count). The zero-order chi connectivity index (χ0) is 16.7. The van der Waals surface area contributed by atoms with Crippen LogP contribution in [-0.2, 0) is 0 Å². The van der Waals surface area contributed by atoms with Crippen LogP contribution in [0.2, 0.25) is 0 Å². The summed E-state index contributed by atoms with van der Waals surface area (Å²) in [6, 6.07) is 5.96. The lowest BCUT2D eigenvalue weighted by molar-refractivity contribution is 0.484. The monoisotopic (exact) mass is 341 g/mol. The number of anilines is 1. The molecule has 6 nitrogen and oxygen atoms in total. The van der Waals surface area contributed by atoms with Crippen LogP contribution in [0.15, 0.2) is 34.6 Å². The van der Waals surface area contributed by atoms with Gasteiger partial charge in [0.1, 0.15) is 16.3 Å². The molecule has 0 amide bonds. The van der Waals surface area contributed by atoms with Gasteiger partial charge in [-0.05, 0) is 26.0 Å². The number of nitrogens with zero attached hydrogens (tertiary/aromatic N) is 4. The van der Waals surface area contributed by atoms with Gasteiger partial charge in [0.15, 0.2) is 0 Å². The van der Waals surface area contributed by atoms with E-state index < -0.39 is 0 Å². The minimum Gasteiger partial charge on any atom is -0.368 e. The number of rotatable bonds is 2. The number of aromatic nitrogens is 3. The summed E-state index contributed by atoms with van der Waals surface area (Å²) in [6.07, 6.45) is 1.89. The second kappa shape index (κ2) is 5.99. The maximum absolute atomic E-state index is 12.5. The molecule has 0 radical (unpaired) electrons. The zero-order valence-corrected chi connectivity index (χ0v) is 14.5. The Kier molecular flexibility index (Phi) is 3.82. The maximum Gasteiger partial charge on any atom is 0.258 e. The Morgan fingerprint density at radius 1 is 1.33 bits per heavy atom. The van der Waals surface area contributed by atoms with E-state index in [2.05, 4.69) is 27.1 Å². The van der Waals surface area contributed by atoms with Crippen molar-refractivity contribution in [2.24, 2.45) is 0 Å². The molecule has 24 heavy (non-hydrogen) atoms. The van der Waals surface area contributed by atoms with Crippen molar-refractivity contribution in [3.8, 4) is 10.7 Å². The third-order valence-electron chi connectivity index (χ3n) is 4.22. The average molecular weight is 341 g/mol. The molecule has 1 atom stereocenters. The predicted molar refractivity (Wildman–Crippen MR) is 97.0 cm³/mol. The van der Waals surface area contributed by atoms with E-state index in [9.17, 15) is 4.79 Å². The van der Waals surface area contributed by atoms with Crippen LogP contribution in [0.5, 0.6) is 0 Å². The molecular formula is C17H19N5OS. The Bertz CT molecular complexity index is 948. The standard InChI is InChI=1S/C17H19N5OS/c1-11-8-21(6-5-18-11)13-3-4-15-20-14(7-16(23)22(15)9-13)17-19-12(2)10-24-17/h3-4,7,9-11,18H,5-6,8H2,1-2H3/t11-/m0/s1. The normalized spacial score (nSPS) is 18.2. The van der Waals surface area contributed by atoms with Crippen molar-refractivity contribution in [2.75, 3.05) is 24.5 Å². The first-order chi connectivity index (χ1) is 11.6. The SMILES string of the molecule is Cc1csc(-c2cc(=O)n3cc(N4CCN[C@@H](C)C4)ccc3n2)n1. The summed E-state index contributed by atoms with van der Waals surface area (Å²) in [6.45, 7) is 6.94. The number of hydrogen-bond donors (Lipinski definition) is 1. The van der Waals surface area contributed by atoms with E-state index in [0.29, 0.717) is 17.4 Å². The molecule has 0 unspecified atom stereocenters. The van der Waals surface area contributed by atoms with Crippen molar-refractivity contribution >= 4 is 22.7 Å². The lowest BCUT2D eigenvalue weighted by atomic mass is 10.2. The fraction of sp³-hybridized carbons (Fsp3) is 0.353. The number of thiazole rings is 1. The summed E-state index contributed by atoms with van der Waals surface area (Å²) >= 11 is 1.51. The lowest BCUT2D eigenvalue weighted by Crippen LogP contribution is -2.49. The van der Waals surface area contributed by atoms with Gasteiger partial charge in [0.05, 0.1) is 5.69 Å². The van der Waals surface area contributed by atoms with E-state index in [-0.39, 0.29) is 5.56 Å². The minimum absolute atomic E-state index is 0.0760. The van der Waals surface area contributed by atoms with Crippen LogP contribution in [0.25, 0.3) is 16.3 Å². The van der Waals surface area contributed by atoms with E-state index in [0.717, 1.165) is 36.0 Å². The molecule has 0 saturated carbocycles. The first-order valence-electron chi connectivity index (χ1n) is 8.04. The highest BCUT2D eigenvalue weighted by molar-refractivity contribution is 7.13. The first kappa shape index (κ1) is 15.3. The number of piperazine rings is 1. The summed E-state index contributed by atoms with van der Waals surface area (Å²) in [5, 5.41) is 6.18. The number of pyridine rings is 1. The summed E-state index contributed by atoms with van der Waals surface area (Å²) < 4.78 is 1.62. The zero-order valence-electron chi connectivity index (χ0n) is 13.7. The number of aryl methyl sites for hydroxylation is 1. The van der Waals surface area contributed by atoms with Gasteiger partial charge in [0.25, 0.3) is 5.56 Å². The maximum atomic E-state index is 12.5. The van der Waals surface area contributed by atoms with Gasteiger partial charge < -0.3 is 10.2 Å². The van der Waals surface area contributed by atoms with Crippen molar-refractivity contribution in [3.63, 3.8) is 0 Å². The molecule has 1 N–H and O–H groups in total. The number of hydrogen-bond acceptors (Lipinski definition) is 6. The molecule has 3 aromatic heterocycles. The minimum atomic E-state index is -0.0760. The molecule has 124 valence electrons. The third-order valence-corrected chi connectivity index (χ3v) is 5.20. The molecule has 1 aliphatic heterocycles. The summed E-state index contributed by atoms with van der Waals surface area (Å²) in [7, 11) is 0. The molecular weight excluding hydrogens is 322 g/mol. The van der Waals surface area contributed by atoms with Crippen LogP contribution in [0.1, 0.15) is 12.6 Å². The molecule has 7 heteroatoms. The van der Waals surface area contributed by atoms with Crippen LogP contribution in [-0.4, -0.2) is 40.0 Å². The Labute approximate surface area is 143 Å². The Morgan fingerprint density at radius 2 is 2.21 bits per heavy atom.